The largest absolute Gasteiger partial charge is 0.493 e. The minimum Gasteiger partial charge on any atom is -0.493 e. The molecule has 0 saturated heterocycles. The maximum absolute atomic E-state index is 12.8. The Labute approximate surface area is 160 Å². The van der Waals surface area contributed by atoms with E-state index >= 15 is 0 Å². The lowest BCUT2D eigenvalue weighted by Gasteiger charge is -2.20. The lowest BCUT2D eigenvalue weighted by atomic mass is 10.0. The average Bonchev–Trinajstić information content (AvgIpc) is 2.69. The molecule has 1 amide bonds. The molecule has 27 heavy (non-hydrogen) atoms. The molecule has 0 bridgehead atoms. The summed E-state index contributed by atoms with van der Waals surface area (Å²) in [4.78, 5) is 14.6. The van der Waals surface area contributed by atoms with Crippen molar-refractivity contribution in [1.82, 2.24) is 4.90 Å². The predicted molar refractivity (Wildman–Crippen MR) is 108 cm³/mol. The summed E-state index contributed by atoms with van der Waals surface area (Å²) in [7, 11) is 5.08. The van der Waals surface area contributed by atoms with Gasteiger partial charge in [-0.25, -0.2) is 0 Å². The summed E-state index contributed by atoms with van der Waals surface area (Å²) in [5.41, 5.74) is 3.16. The average molecular weight is 363 g/mol. The normalized spacial score (nSPS) is 10.7. The van der Waals surface area contributed by atoms with Gasteiger partial charge in [-0.15, -0.1) is 0 Å². The SMILES string of the molecule is COc1cc(C)c(CN(C)C(=O)Cc2cccc3ccccc23)cc1OC. The van der Waals surface area contributed by atoms with Crippen molar-refractivity contribution in [2.45, 2.75) is 19.9 Å². The Morgan fingerprint density at radius 3 is 2.33 bits per heavy atom. The summed E-state index contributed by atoms with van der Waals surface area (Å²) in [6.07, 6.45) is 0.379. The van der Waals surface area contributed by atoms with Gasteiger partial charge in [-0.1, -0.05) is 42.5 Å². The second-order valence-corrected chi connectivity index (χ2v) is 6.70. The molecule has 4 nitrogen and oxygen atoms in total. The number of fused-ring (bicyclic) bond motifs is 1. The van der Waals surface area contributed by atoms with Gasteiger partial charge in [0.1, 0.15) is 0 Å². The first-order chi connectivity index (χ1) is 13.0. The molecule has 0 unspecified atom stereocenters. The zero-order valence-electron chi connectivity index (χ0n) is 16.3. The number of nitrogens with zero attached hydrogens (tertiary/aromatic N) is 1. The van der Waals surface area contributed by atoms with Crippen LogP contribution in [0.4, 0.5) is 0 Å². The second-order valence-electron chi connectivity index (χ2n) is 6.70. The van der Waals surface area contributed by atoms with E-state index in [1.54, 1.807) is 19.1 Å². The van der Waals surface area contributed by atoms with Gasteiger partial charge >= 0.3 is 0 Å². The zero-order chi connectivity index (χ0) is 19.4. The van der Waals surface area contributed by atoms with E-state index in [9.17, 15) is 4.79 Å². The highest BCUT2D eigenvalue weighted by Crippen LogP contribution is 2.30. The molecule has 0 fully saturated rings. The molecule has 0 atom stereocenters. The van der Waals surface area contributed by atoms with E-state index in [4.69, 9.17) is 9.47 Å². The Bertz CT molecular complexity index is 960. The van der Waals surface area contributed by atoms with Gasteiger partial charge < -0.3 is 14.4 Å². The topological polar surface area (TPSA) is 38.8 Å². The van der Waals surface area contributed by atoms with E-state index in [0.717, 1.165) is 27.5 Å². The number of hydrogen-bond acceptors (Lipinski definition) is 3. The number of carbonyl (C=O) groups is 1. The number of hydrogen-bond donors (Lipinski definition) is 0. The maximum atomic E-state index is 12.8. The Hall–Kier alpha value is -3.01. The van der Waals surface area contributed by atoms with E-state index in [0.29, 0.717) is 24.5 Å². The van der Waals surface area contributed by atoms with Crippen molar-refractivity contribution in [3.8, 4) is 11.5 Å². The van der Waals surface area contributed by atoms with Crippen molar-refractivity contribution in [1.29, 1.82) is 0 Å². The molecule has 0 N–H and O–H groups in total. The number of aryl methyl sites for hydroxylation is 1. The van der Waals surface area contributed by atoms with Gasteiger partial charge in [0.05, 0.1) is 20.6 Å². The summed E-state index contributed by atoms with van der Waals surface area (Å²) in [6, 6.07) is 18.1. The molecule has 3 rings (SSSR count). The van der Waals surface area contributed by atoms with Crippen molar-refractivity contribution < 1.29 is 14.3 Å². The smallest absolute Gasteiger partial charge is 0.227 e. The Morgan fingerprint density at radius 2 is 1.59 bits per heavy atom. The van der Waals surface area contributed by atoms with E-state index in [1.165, 1.54) is 0 Å². The molecule has 0 saturated carbocycles. The van der Waals surface area contributed by atoms with Gasteiger partial charge in [-0.2, -0.15) is 0 Å². The molecule has 0 radical (unpaired) electrons. The lowest BCUT2D eigenvalue weighted by molar-refractivity contribution is -0.129. The van der Waals surface area contributed by atoms with E-state index in [1.807, 2.05) is 50.4 Å². The Morgan fingerprint density at radius 1 is 0.926 bits per heavy atom. The van der Waals surface area contributed by atoms with Crippen molar-refractivity contribution >= 4 is 16.7 Å². The van der Waals surface area contributed by atoms with Crippen LogP contribution in [-0.2, 0) is 17.8 Å². The molecule has 3 aromatic carbocycles. The molecule has 4 heteroatoms. The Balaban J connectivity index is 1.78. The third kappa shape index (κ3) is 4.05. The monoisotopic (exact) mass is 363 g/mol. The van der Waals surface area contributed by atoms with Crippen LogP contribution in [0.25, 0.3) is 10.8 Å². The second kappa shape index (κ2) is 8.12. The van der Waals surface area contributed by atoms with Crippen LogP contribution in [0.1, 0.15) is 16.7 Å². The standard InChI is InChI=1S/C23H25NO3/c1-16-12-21(26-3)22(27-4)13-19(16)15-24(2)23(25)14-18-10-7-9-17-8-5-6-11-20(17)18/h5-13H,14-15H2,1-4H3. The third-order valence-corrected chi connectivity index (χ3v) is 4.90. The summed E-state index contributed by atoms with van der Waals surface area (Å²) >= 11 is 0. The molecule has 0 spiro atoms. The molecule has 0 heterocycles. The minimum atomic E-state index is 0.0838. The number of carbonyl (C=O) groups excluding carboxylic acids is 1. The third-order valence-electron chi connectivity index (χ3n) is 4.90. The number of rotatable bonds is 6. The highest BCUT2D eigenvalue weighted by atomic mass is 16.5. The van der Waals surface area contributed by atoms with Crippen LogP contribution in [0.5, 0.6) is 11.5 Å². The molecule has 0 aliphatic rings. The summed E-state index contributed by atoms with van der Waals surface area (Å²) in [5, 5.41) is 2.28. The van der Waals surface area contributed by atoms with Crippen LogP contribution in [0.15, 0.2) is 54.6 Å². The van der Waals surface area contributed by atoms with Gasteiger partial charge in [0.2, 0.25) is 5.91 Å². The summed E-state index contributed by atoms with van der Waals surface area (Å²) in [6.45, 7) is 2.54. The van der Waals surface area contributed by atoms with Crippen molar-refractivity contribution in [2.75, 3.05) is 21.3 Å². The number of likely N-dealkylation sites (N-methyl/N-ethyl adjacent to an activating group) is 1. The first kappa shape index (κ1) is 18.8. The van der Waals surface area contributed by atoms with Crippen LogP contribution < -0.4 is 9.47 Å². The van der Waals surface area contributed by atoms with Crippen LogP contribution in [0, 0.1) is 6.92 Å². The van der Waals surface area contributed by atoms with Gasteiger partial charge in [-0.3, -0.25) is 4.79 Å². The van der Waals surface area contributed by atoms with Crippen LogP contribution in [0.2, 0.25) is 0 Å². The summed E-state index contributed by atoms with van der Waals surface area (Å²) < 4.78 is 10.7. The highest BCUT2D eigenvalue weighted by molar-refractivity contribution is 5.90. The molecule has 140 valence electrons. The maximum Gasteiger partial charge on any atom is 0.227 e. The number of amides is 1. The number of methoxy groups -OCH3 is 2. The number of benzene rings is 3. The molecule has 3 aromatic rings. The first-order valence-electron chi connectivity index (χ1n) is 8.95. The molecular weight excluding hydrogens is 338 g/mol. The molecular formula is C23H25NO3. The lowest BCUT2D eigenvalue weighted by Crippen LogP contribution is -2.28. The molecule has 0 aliphatic carbocycles. The van der Waals surface area contributed by atoms with Crippen molar-refractivity contribution in [3.05, 3.63) is 71.3 Å². The van der Waals surface area contributed by atoms with E-state index in [2.05, 4.69) is 18.2 Å². The quantitative estimate of drug-likeness (QED) is 0.653. The van der Waals surface area contributed by atoms with Gasteiger partial charge in [-0.05, 0) is 46.5 Å². The fourth-order valence-corrected chi connectivity index (χ4v) is 3.28. The minimum absolute atomic E-state index is 0.0838. The summed E-state index contributed by atoms with van der Waals surface area (Å²) in [5.74, 6) is 1.46. The zero-order valence-corrected chi connectivity index (χ0v) is 16.3. The highest BCUT2D eigenvalue weighted by Gasteiger charge is 2.15. The fourth-order valence-electron chi connectivity index (χ4n) is 3.28. The van der Waals surface area contributed by atoms with Gasteiger partial charge in [0, 0.05) is 13.6 Å². The fraction of sp³-hybridized carbons (Fsp3) is 0.261. The van der Waals surface area contributed by atoms with Crippen molar-refractivity contribution in [3.63, 3.8) is 0 Å². The van der Waals surface area contributed by atoms with Crippen molar-refractivity contribution in [2.24, 2.45) is 0 Å². The molecule has 0 aromatic heterocycles. The van der Waals surface area contributed by atoms with Gasteiger partial charge in [0.15, 0.2) is 11.5 Å². The first-order valence-corrected chi connectivity index (χ1v) is 8.95. The van der Waals surface area contributed by atoms with Crippen LogP contribution in [-0.4, -0.2) is 32.1 Å². The Kier molecular flexibility index (Phi) is 5.65. The predicted octanol–water partition coefficient (Wildman–Crippen LogP) is 4.37. The van der Waals surface area contributed by atoms with E-state index in [-0.39, 0.29) is 5.91 Å². The van der Waals surface area contributed by atoms with Crippen LogP contribution in [0.3, 0.4) is 0 Å². The van der Waals surface area contributed by atoms with Crippen LogP contribution >= 0.6 is 0 Å². The molecule has 0 aliphatic heterocycles. The van der Waals surface area contributed by atoms with E-state index < -0.39 is 0 Å². The number of ether oxygens (including phenoxy) is 2. The van der Waals surface area contributed by atoms with Gasteiger partial charge in [0.25, 0.3) is 0 Å².